The number of aliphatic carboxylic acids is 1. The molecule has 0 aliphatic rings. The third-order valence-corrected chi connectivity index (χ3v) is 0.647. The molecule has 62 valence electrons. The van der Waals surface area contributed by atoms with Crippen molar-refractivity contribution in [3.63, 3.8) is 0 Å². The van der Waals surface area contributed by atoms with Gasteiger partial charge in [-0.3, -0.25) is 4.74 Å². The number of alkyl halides is 2. The fourth-order valence-electron chi connectivity index (χ4n) is 0.334. The largest absolute Gasteiger partial charge is 0.480 e. The molecule has 0 atom stereocenters. The number of carbonyl (C=O) groups is 1. The van der Waals surface area contributed by atoms with Crippen LogP contribution in [-0.4, -0.2) is 23.8 Å². The third kappa shape index (κ3) is 5.30. The van der Waals surface area contributed by atoms with E-state index in [1.54, 1.807) is 0 Å². The number of rotatable bonds is 3. The van der Waals surface area contributed by atoms with E-state index >= 15 is 0 Å². The standard InChI is InChI=1S/C6H6F2O3/c1-2-3-6(7,8)11-4-5(9)10/h4H2,1H3,(H,9,10). The van der Waals surface area contributed by atoms with E-state index in [1.807, 2.05) is 5.92 Å². The van der Waals surface area contributed by atoms with E-state index in [0.717, 1.165) is 0 Å². The summed E-state index contributed by atoms with van der Waals surface area (Å²) in [5.74, 6) is 1.87. The number of ether oxygens (including phenoxy) is 1. The molecule has 0 aliphatic carbocycles. The minimum atomic E-state index is -3.66. The predicted octanol–water partition coefficient (Wildman–Crippen LogP) is 0.704. The van der Waals surface area contributed by atoms with Crippen molar-refractivity contribution >= 4 is 5.97 Å². The van der Waals surface area contributed by atoms with Crippen LogP contribution in [0.1, 0.15) is 6.92 Å². The van der Waals surface area contributed by atoms with Crippen LogP contribution < -0.4 is 0 Å². The van der Waals surface area contributed by atoms with Gasteiger partial charge < -0.3 is 5.11 Å². The first kappa shape index (κ1) is 9.85. The summed E-state index contributed by atoms with van der Waals surface area (Å²) >= 11 is 0. The molecule has 0 saturated heterocycles. The normalized spacial score (nSPS) is 10.1. The Balaban J connectivity index is 3.89. The molecule has 0 saturated carbocycles. The zero-order valence-electron chi connectivity index (χ0n) is 5.73. The van der Waals surface area contributed by atoms with Crippen LogP contribution >= 0.6 is 0 Å². The molecule has 5 heteroatoms. The lowest BCUT2D eigenvalue weighted by Crippen LogP contribution is -2.22. The first-order valence-electron chi connectivity index (χ1n) is 2.65. The quantitative estimate of drug-likeness (QED) is 0.624. The zero-order valence-corrected chi connectivity index (χ0v) is 5.73. The van der Waals surface area contributed by atoms with E-state index in [9.17, 15) is 13.6 Å². The van der Waals surface area contributed by atoms with E-state index in [2.05, 4.69) is 4.74 Å². The highest BCUT2D eigenvalue weighted by molar-refractivity contribution is 5.68. The van der Waals surface area contributed by atoms with Crippen molar-refractivity contribution in [2.24, 2.45) is 0 Å². The summed E-state index contributed by atoms with van der Waals surface area (Å²) in [5, 5.41) is 7.94. The molecule has 0 bridgehead atoms. The van der Waals surface area contributed by atoms with Gasteiger partial charge in [-0.15, -0.1) is 0 Å². The fraction of sp³-hybridized carbons (Fsp3) is 0.500. The summed E-state index contributed by atoms with van der Waals surface area (Å²) in [4.78, 5) is 9.74. The van der Waals surface area contributed by atoms with Crippen LogP contribution in [0.25, 0.3) is 0 Å². The second kappa shape index (κ2) is 3.88. The highest BCUT2D eigenvalue weighted by atomic mass is 19.3. The molecule has 0 aromatic heterocycles. The van der Waals surface area contributed by atoms with Crippen molar-refractivity contribution in [1.82, 2.24) is 0 Å². The number of carboxylic acid groups (broad SMARTS) is 1. The smallest absolute Gasteiger partial charge is 0.423 e. The van der Waals surface area contributed by atoms with Gasteiger partial charge in [-0.05, 0) is 6.92 Å². The molecule has 1 N–H and O–H groups in total. The predicted molar refractivity (Wildman–Crippen MR) is 32.0 cm³/mol. The maximum absolute atomic E-state index is 12.1. The maximum atomic E-state index is 12.1. The minimum Gasteiger partial charge on any atom is -0.480 e. The number of hydrogen-bond donors (Lipinski definition) is 1. The molecule has 3 nitrogen and oxygen atoms in total. The summed E-state index contributed by atoms with van der Waals surface area (Å²) in [7, 11) is 0. The molecule has 11 heavy (non-hydrogen) atoms. The van der Waals surface area contributed by atoms with Crippen molar-refractivity contribution < 1.29 is 23.4 Å². The van der Waals surface area contributed by atoms with E-state index in [0.29, 0.717) is 0 Å². The van der Waals surface area contributed by atoms with Gasteiger partial charge in [0.1, 0.15) is 0 Å². The topological polar surface area (TPSA) is 46.5 Å². The lowest BCUT2D eigenvalue weighted by Gasteiger charge is -2.06. The molecular weight excluding hydrogens is 158 g/mol. The number of halogens is 2. The molecule has 0 aromatic rings. The molecule has 0 aromatic carbocycles. The highest BCUT2D eigenvalue weighted by Crippen LogP contribution is 2.12. The fourth-order valence-corrected chi connectivity index (χ4v) is 0.334. The molecular formula is C6H6F2O3. The van der Waals surface area contributed by atoms with Gasteiger partial charge in [0.2, 0.25) is 0 Å². The minimum absolute atomic E-state index is 1.05. The molecule has 0 radical (unpaired) electrons. The van der Waals surface area contributed by atoms with E-state index in [1.165, 1.54) is 12.8 Å². The molecule has 0 amide bonds. The van der Waals surface area contributed by atoms with Crippen LogP contribution in [-0.2, 0) is 9.53 Å². The Labute approximate surface area is 62.0 Å². The van der Waals surface area contributed by atoms with Gasteiger partial charge in [-0.1, -0.05) is 5.92 Å². The number of hydrogen-bond acceptors (Lipinski definition) is 2. The first-order valence-corrected chi connectivity index (χ1v) is 2.65. The first-order chi connectivity index (χ1) is 4.98. The van der Waals surface area contributed by atoms with Gasteiger partial charge in [0.15, 0.2) is 6.61 Å². The summed E-state index contributed by atoms with van der Waals surface area (Å²) in [6, 6.07) is 0. The van der Waals surface area contributed by atoms with Crippen molar-refractivity contribution in [1.29, 1.82) is 0 Å². The van der Waals surface area contributed by atoms with Crippen LogP contribution in [0.4, 0.5) is 8.78 Å². The Morgan fingerprint density at radius 1 is 1.73 bits per heavy atom. The molecule has 0 unspecified atom stereocenters. The SMILES string of the molecule is CC#CC(F)(F)OCC(=O)O. The van der Waals surface area contributed by atoms with Gasteiger partial charge in [-0.2, -0.15) is 8.78 Å². The van der Waals surface area contributed by atoms with Crippen LogP contribution in [0.15, 0.2) is 0 Å². The Morgan fingerprint density at radius 2 is 2.27 bits per heavy atom. The summed E-state index contributed by atoms with van der Waals surface area (Å²) in [6.07, 6.45) is -3.66. The monoisotopic (exact) mass is 164 g/mol. The Kier molecular flexibility index (Phi) is 3.48. The Hall–Kier alpha value is -1.15. The van der Waals surface area contributed by atoms with E-state index in [4.69, 9.17) is 5.11 Å². The van der Waals surface area contributed by atoms with Crippen molar-refractivity contribution in [2.75, 3.05) is 6.61 Å². The van der Waals surface area contributed by atoms with Gasteiger partial charge in [0.05, 0.1) is 0 Å². The average molecular weight is 164 g/mol. The van der Waals surface area contributed by atoms with Crippen LogP contribution in [0, 0.1) is 11.8 Å². The van der Waals surface area contributed by atoms with Crippen molar-refractivity contribution in [3.8, 4) is 11.8 Å². The second-order valence-corrected chi connectivity index (χ2v) is 1.57. The van der Waals surface area contributed by atoms with Gasteiger partial charge in [0, 0.05) is 5.92 Å². The van der Waals surface area contributed by atoms with Gasteiger partial charge in [0.25, 0.3) is 0 Å². The lowest BCUT2D eigenvalue weighted by molar-refractivity contribution is -0.200. The van der Waals surface area contributed by atoms with Gasteiger partial charge >= 0.3 is 12.1 Å². The lowest BCUT2D eigenvalue weighted by atomic mass is 10.5. The molecule has 0 heterocycles. The number of carboxylic acids is 1. The van der Waals surface area contributed by atoms with Crippen LogP contribution in [0.3, 0.4) is 0 Å². The van der Waals surface area contributed by atoms with Crippen LogP contribution in [0.5, 0.6) is 0 Å². The zero-order chi connectivity index (χ0) is 8.91. The molecule has 0 fully saturated rings. The van der Waals surface area contributed by atoms with Crippen molar-refractivity contribution in [2.45, 2.75) is 13.0 Å². The Bertz CT molecular complexity index is 202. The summed E-state index contributed by atoms with van der Waals surface area (Å²) in [6.45, 7) is 0.152. The summed E-state index contributed by atoms with van der Waals surface area (Å²) < 4.78 is 27.9. The van der Waals surface area contributed by atoms with Crippen molar-refractivity contribution in [3.05, 3.63) is 0 Å². The molecule has 0 aliphatic heterocycles. The van der Waals surface area contributed by atoms with Gasteiger partial charge in [-0.25, -0.2) is 4.79 Å². The van der Waals surface area contributed by atoms with E-state index in [-0.39, 0.29) is 0 Å². The molecule has 0 rings (SSSR count). The highest BCUT2D eigenvalue weighted by Gasteiger charge is 2.27. The maximum Gasteiger partial charge on any atom is 0.423 e. The average Bonchev–Trinajstić information content (AvgIpc) is 1.84. The Morgan fingerprint density at radius 3 is 2.64 bits per heavy atom. The third-order valence-electron chi connectivity index (χ3n) is 0.647. The van der Waals surface area contributed by atoms with E-state index < -0.39 is 18.7 Å². The summed E-state index contributed by atoms with van der Waals surface area (Å²) in [5.41, 5.74) is 0. The van der Waals surface area contributed by atoms with Crippen LogP contribution in [0.2, 0.25) is 0 Å². The molecule has 0 spiro atoms. The second-order valence-electron chi connectivity index (χ2n) is 1.57.